The summed E-state index contributed by atoms with van der Waals surface area (Å²) in [6, 6.07) is 1.18. The summed E-state index contributed by atoms with van der Waals surface area (Å²) in [7, 11) is 0. The zero-order chi connectivity index (χ0) is 10.7. The molecule has 88 valence electrons. The van der Waals surface area contributed by atoms with Crippen LogP contribution in [0.4, 0.5) is 0 Å². The van der Waals surface area contributed by atoms with Crippen molar-refractivity contribution in [1.29, 1.82) is 0 Å². The van der Waals surface area contributed by atoms with E-state index < -0.39 is 0 Å². The molecule has 0 radical (unpaired) electrons. The second-order valence-corrected chi connectivity index (χ2v) is 4.99. The fraction of sp³-hybridized carbons (Fsp3) is 1.00. The molecule has 2 aliphatic rings. The molecule has 0 spiro atoms. The van der Waals surface area contributed by atoms with Gasteiger partial charge in [-0.25, -0.2) is 0 Å². The Morgan fingerprint density at radius 3 is 2.73 bits per heavy atom. The van der Waals surface area contributed by atoms with Crippen LogP contribution in [-0.2, 0) is 4.74 Å². The molecule has 1 heterocycles. The van der Waals surface area contributed by atoms with Crippen LogP contribution < -0.4 is 5.32 Å². The van der Waals surface area contributed by atoms with Crippen LogP contribution in [-0.4, -0.2) is 36.0 Å². The number of hydrogen-bond acceptors (Lipinski definition) is 3. The van der Waals surface area contributed by atoms with Gasteiger partial charge in [0.2, 0.25) is 0 Å². The van der Waals surface area contributed by atoms with Crippen LogP contribution in [0.3, 0.4) is 0 Å². The molecular formula is C12H23NO2. The third-order valence-electron chi connectivity index (χ3n) is 3.56. The van der Waals surface area contributed by atoms with Gasteiger partial charge in [0.25, 0.3) is 0 Å². The smallest absolute Gasteiger partial charge is 0.0589 e. The minimum Gasteiger partial charge on any atom is -0.393 e. The van der Waals surface area contributed by atoms with E-state index >= 15 is 0 Å². The highest BCUT2D eigenvalue weighted by Gasteiger charge is 2.30. The molecule has 2 unspecified atom stereocenters. The van der Waals surface area contributed by atoms with Gasteiger partial charge in [-0.15, -0.1) is 0 Å². The molecule has 2 rings (SSSR count). The van der Waals surface area contributed by atoms with Gasteiger partial charge in [0, 0.05) is 18.7 Å². The van der Waals surface area contributed by atoms with E-state index in [1.165, 1.54) is 12.8 Å². The monoisotopic (exact) mass is 213 g/mol. The fourth-order valence-corrected chi connectivity index (χ4v) is 2.61. The van der Waals surface area contributed by atoms with Crippen molar-refractivity contribution in [3.63, 3.8) is 0 Å². The number of rotatable bonds is 4. The van der Waals surface area contributed by atoms with Crippen molar-refractivity contribution in [2.24, 2.45) is 0 Å². The first kappa shape index (κ1) is 11.4. The average Bonchev–Trinajstić information content (AvgIpc) is 2.17. The van der Waals surface area contributed by atoms with Crippen LogP contribution in [0.25, 0.3) is 0 Å². The third-order valence-corrected chi connectivity index (χ3v) is 3.56. The molecule has 1 saturated heterocycles. The van der Waals surface area contributed by atoms with E-state index in [1.54, 1.807) is 0 Å². The Labute approximate surface area is 92.2 Å². The Balaban J connectivity index is 1.68. The van der Waals surface area contributed by atoms with Crippen molar-refractivity contribution >= 4 is 0 Å². The van der Waals surface area contributed by atoms with Crippen molar-refractivity contribution in [3.05, 3.63) is 0 Å². The molecule has 0 amide bonds. The molecule has 3 nitrogen and oxygen atoms in total. The zero-order valence-corrected chi connectivity index (χ0v) is 9.61. The summed E-state index contributed by atoms with van der Waals surface area (Å²) in [6.45, 7) is 3.11. The first-order valence-corrected chi connectivity index (χ1v) is 6.33. The van der Waals surface area contributed by atoms with Gasteiger partial charge in [-0.1, -0.05) is 13.3 Å². The largest absolute Gasteiger partial charge is 0.393 e. The molecule has 0 aromatic carbocycles. The van der Waals surface area contributed by atoms with Crippen LogP contribution in [0.1, 0.15) is 45.4 Å². The Bertz CT molecular complexity index is 188. The highest BCUT2D eigenvalue weighted by Crippen LogP contribution is 2.24. The lowest BCUT2D eigenvalue weighted by Crippen LogP contribution is -2.51. The summed E-state index contributed by atoms with van der Waals surface area (Å²) in [5, 5.41) is 12.9. The van der Waals surface area contributed by atoms with E-state index in [-0.39, 0.29) is 6.10 Å². The molecule has 0 bridgehead atoms. The lowest BCUT2D eigenvalue weighted by atomic mass is 9.87. The van der Waals surface area contributed by atoms with Gasteiger partial charge in [0.05, 0.1) is 12.2 Å². The van der Waals surface area contributed by atoms with Crippen LogP contribution in [0.2, 0.25) is 0 Å². The number of aliphatic hydroxyl groups excluding tert-OH is 1. The van der Waals surface area contributed by atoms with Gasteiger partial charge in [-0.3, -0.25) is 0 Å². The summed E-state index contributed by atoms with van der Waals surface area (Å²) >= 11 is 0. The van der Waals surface area contributed by atoms with E-state index in [9.17, 15) is 5.11 Å². The first-order chi connectivity index (χ1) is 7.28. The Kier molecular flexibility index (Phi) is 4.00. The zero-order valence-electron chi connectivity index (χ0n) is 9.61. The normalized spacial score (nSPS) is 41.2. The van der Waals surface area contributed by atoms with Gasteiger partial charge in [-0.05, 0) is 32.1 Å². The second kappa shape index (κ2) is 5.28. The van der Waals surface area contributed by atoms with Gasteiger partial charge >= 0.3 is 0 Å². The quantitative estimate of drug-likeness (QED) is 0.742. The first-order valence-electron chi connectivity index (χ1n) is 6.33. The molecule has 2 N–H and O–H groups in total. The average molecular weight is 213 g/mol. The van der Waals surface area contributed by atoms with E-state index in [4.69, 9.17) is 4.74 Å². The van der Waals surface area contributed by atoms with E-state index in [2.05, 4.69) is 12.2 Å². The fourth-order valence-electron chi connectivity index (χ4n) is 2.61. The third kappa shape index (κ3) is 3.16. The highest BCUT2D eigenvalue weighted by atomic mass is 16.5. The SMILES string of the molecule is CCCC1CC(NC2CC(O)C2)CCO1. The van der Waals surface area contributed by atoms with Gasteiger partial charge in [0.15, 0.2) is 0 Å². The Hall–Kier alpha value is -0.120. The minimum absolute atomic E-state index is 0.0474. The summed E-state index contributed by atoms with van der Waals surface area (Å²) in [5.41, 5.74) is 0. The lowest BCUT2D eigenvalue weighted by molar-refractivity contribution is -0.0138. The molecule has 3 heteroatoms. The van der Waals surface area contributed by atoms with Crippen LogP contribution in [0.5, 0.6) is 0 Å². The topological polar surface area (TPSA) is 41.5 Å². The maximum absolute atomic E-state index is 9.22. The van der Waals surface area contributed by atoms with E-state index in [0.29, 0.717) is 18.2 Å². The molecule has 2 fully saturated rings. The Morgan fingerprint density at radius 2 is 2.07 bits per heavy atom. The molecule has 0 aromatic rings. The highest BCUT2D eigenvalue weighted by molar-refractivity contribution is 4.88. The molecule has 1 aliphatic carbocycles. The summed E-state index contributed by atoms with van der Waals surface area (Å²) in [5.74, 6) is 0. The predicted octanol–water partition coefficient (Wildman–Crippen LogP) is 1.45. The summed E-state index contributed by atoms with van der Waals surface area (Å²) in [6.07, 6.45) is 6.98. The number of aliphatic hydroxyl groups is 1. The van der Waals surface area contributed by atoms with Crippen LogP contribution in [0, 0.1) is 0 Å². The van der Waals surface area contributed by atoms with Crippen molar-refractivity contribution in [3.8, 4) is 0 Å². The summed E-state index contributed by atoms with van der Waals surface area (Å²) in [4.78, 5) is 0. The standard InChI is InChI=1S/C12H23NO2/c1-2-3-12-8-9(4-5-15-12)13-10-6-11(14)7-10/h9-14H,2-8H2,1H3. The van der Waals surface area contributed by atoms with Crippen LogP contribution in [0.15, 0.2) is 0 Å². The molecule has 1 aliphatic heterocycles. The number of ether oxygens (including phenoxy) is 1. The number of hydrogen-bond donors (Lipinski definition) is 2. The van der Waals surface area contributed by atoms with Crippen molar-refractivity contribution in [2.75, 3.05) is 6.61 Å². The molecule has 15 heavy (non-hydrogen) atoms. The van der Waals surface area contributed by atoms with Gasteiger partial charge in [0.1, 0.15) is 0 Å². The van der Waals surface area contributed by atoms with Gasteiger partial charge < -0.3 is 15.2 Å². The molecular weight excluding hydrogens is 190 g/mol. The molecule has 0 aromatic heterocycles. The van der Waals surface area contributed by atoms with Crippen LogP contribution >= 0.6 is 0 Å². The van der Waals surface area contributed by atoms with E-state index in [1.807, 2.05) is 0 Å². The van der Waals surface area contributed by atoms with Gasteiger partial charge in [-0.2, -0.15) is 0 Å². The molecule has 1 saturated carbocycles. The van der Waals surface area contributed by atoms with Crippen molar-refractivity contribution in [1.82, 2.24) is 5.32 Å². The second-order valence-electron chi connectivity index (χ2n) is 4.99. The maximum Gasteiger partial charge on any atom is 0.0589 e. The summed E-state index contributed by atoms with van der Waals surface area (Å²) < 4.78 is 5.71. The van der Waals surface area contributed by atoms with E-state index in [0.717, 1.165) is 32.3 Å². The minimum atomic E-state index is -0.0474. The Morgan fingerprint density at radius 1 is 1.27 bits per heavy atom. The number of nitrogens with one attached hydrogen (secondary N) is 1. The van der Waals surface area contributed by atoms with Crippen molar-refractivity contribution < 1.29 is 9.84 Å². The predicted molar refractivity (Wildman–Crippen MR) is 59.8 cm³/mol. The van der Waals surface area contributed by atoms with Crippen molar-refractivity contribution in [2.45, 2.75) is 69.7 Å². The maximum atomic E-state index is 9.22. The lowest BCUT2D eigenvalue weighted by Gasteiger charge is -2.38. The molecule has 2 atom stereocenters.